The predicted octanol–water partition coefficient (Wildman–Crippen LogP) is 16.0. The molecule has 0 heterocycles. The Hall–Kier alpha value is -2.40. The van der Waals surface area contributed by atoms with Crippen molar-refractivity contribution in [2.24, 2.45) is 5.92 Å². The van der Waals surface area contributed by atoms with Crippen LogP contribution in [0.15, 0.2) is 0 Å². The van der Waals surface area contributed by atoms with E-state index in [2.05, 4.69) is 86.0 Å². The molecule has 0 rings (SSSR count). The van der Waals surface area contributed by atoms with Gasteiger partial charge in [0.1, 0.15) is 0 Å². The van der Waals surface area contributed by atoms with Crippen molar-refractivity contribution in [3.63, 3.8) is 0 Å². The molecule has 0 aromatic rings. The summed E-state index contributed by atoms with van der Waals surface area (Å²) in [5, 5.41) is 8.15. The average molecular weight is 1040 g/mol. The molecule has 0 amide bonds. The first kappa shape index (κ1) is 127. The smallest absolute Gasteiger partial charge is 0.305 e. The highest BCUT2D eigenvalue weighted by Crippen LogP contribution is 1.96. The third kappa shape index (κ3) is 312. The molecule has 0 aliphatic heterocycles. The van der Waals surface area contributed by atoms with Crippen molar-refractivity contribution >= 4 is 23.9 Å². The van der Waals surface area contributed by atoms with Crippen molar-refractivity contribution in [1.29, 1.82) is 0 Å². The Morgan fingerprint density at radius 1 is 0.471 bits per heavy atom. The number of hydrogen-bond acceptors (Lipinski definition) is 14. The molecule has 0 bridgehead atoms. The van der Waals surface area contributed by atoms with Crippen LogP contribution >= 0.6 is 0 Å². The number of hydrogen-bond donors (Lipinski definition) is 1. The van der Waals surface area contributed by atoms with Crippen LogP contribution in [0, 0.1) is 5.92 Å². The number of ether oxygens (including phenoxy) is 10. The van der Waals surface area contributed by atoms with Gasteiger partial charge in [0, 0.05) is 116 Å². The van der Waals surface area contributed by atoms with Gasteiger partial charge in [0.25, 0.3) is 0 Å². The summed E-state index contributed by atoms with van der Waals surface area (Å²) in [6.07, 6.45) is 11.2. The Kier molecular flexibility index (Phi) is 273. The van der Waals surface area contributed by atoms with E-state index in [4.69, 9.17) is 28.8 Å². The Morgan fingerprint density at radius 3 is 0.957 bits per heavy atom. The van der Waals surface area contributed by atoms with Gasteiger partial charge in [-0.25, -0.2) is 0 Å². The SMILES string of the molecule is C.C.C.C.C.C.C.C.CCC.CCC(=O)OC.CCC(C)OC.CCCCCOC.CCCCOC.CCCOC.CCOC.CCOC(C)=O.COC.COC(=O)CCCC(=O)O.COCC(C)C. The normalized spacial score (nSPS) is 7.94. The molecule has 1 atom stereocenters. The summed E-state index contributed by atoms with van der Waals surface area (Å²) in [5.74, 6) is -0.937. The lowest BCUT2D eigenvalue weighted by Crippen LogP contribution is -2.02. The molecule has 0 saturated carbocycles. The molecule has 15 nitrogen and oxygen atoms in total. The van der Waals surface area contributed by atoms with Gasteiger partial charge in [-0.2, -0.15) is 0 Å². The molecular formula is C55H140O15. The summed E-state index contributed by atoms with van der Waals surface area (Å²) < 4.78 is 45.8. The van der Waals surface area contributed by atoms with Gasteiger partial charge in [0.15, 0.2) is 0 Å². The van der Waals surface area contributed by atoms with Crippen molar-refractivity contribution in [2.45, 2.75) is 233 Å². The lowest BCUT2D eigenvalue weighted by molar-refractivity contribution is -0.142. The minimum Gasteiger partial charge on any atom is -0.481 e. The largest absolute Gasteiger partial charge is 0.481 e. The first-order valence-electron chi connectivity index (χ1n) is 22.2. The number of carbonyl (C=O) groups excluding carboxylic acids is 3. The van der Waals surface area contributed by atoms with Gasteiger partial charge in [0.2, 0.25) is 0 Å². The Balaban J connectivity index is -0.0000000241. The first-order chi connectivity index (χ1) is 29.3. The van der Waals surface area contributed by atoms with E-state index in [9.17, 15) is 19.2 Å². The number of rotatable bonds is 20. The second-order valence-electron chi connectivity index (χ2n) is 12.7. The predicted molar refractivity (Wildman–Crippen MR) is 312 cm³/mol. The lowest BCUT2D eigenvalue weighted by atomic mass is 10.2. The van der Waals surface area contributed by atoms with Gasteiger partial charge in [-0.3, -0.25) is 19.2 Å². The van der Waals surface area contributed by atoms with Crippen molar-refractivity contribution in [2.75, 3.05) is 111 Å². The fourth-order valence-electron chi connectivity index (χ4n) is 2.32. The number of esters is 3. The maximum absolute atomic E-state index is 10.4. The standard InChI is InChI=1S/C6H10O4.C6H14O.3C5H12O.2C4H8O2.C4H10O.C3H8O.C3H8.C2H6O.8CH4/c1-10-6(9)4-2-3-5(7)8;1-3-4-5-6-7-2;1-5(2)4-6-3;1-4-5(2)6-3;1-3-4-5-6-2;1-3-4(5)6-2;1-3-6-4(2)5;1-3-4-5-2;1-3-4-2;2*1-3-2;;;;;;;;/h2-4H2,1H3,(H,7,8);3-6H2,1-2H3;2*5H,4H2,1-3H3;3-5H2,1-2H3;2*3H2,1-2H3;3-4H2,1-2H3;3H2,1-2H3;3H2,1-2H3;1-2H3;8*1H4. The first-order valence-corrected chi connectivity index (χ1v) is 22.2. The minimum atomic E-state index is -0.885. The van der Waals surface area contributed by atoms with Crippen LogP contribution in [0.4, 0.5) is 0 Å². The van der Waals surface area contributed by atoms with Crippen LogP contribution in [0.3, 0.4) is 0 Å². The van der Waals surface area contributed by atoms with Gasteiger partial charge < -0.3 is 52.5 Å². The van der Waals surface area contributed by atoms with Gasteiger partial charge in [0.05, 0.1) is 26.9 Å². The summed E-state index contributed by atoms with van der Waals surface area (Å²) >= 11 is 0. The molecule has 450 valence electrons. The number of aliphatic carboxylic acids is 1. The number of methoxy groups -OCH3 is 9. The summed E-state index contributed by atoms with van der Waals surface area (Å²) in [6, 6.07) is 0. The molecule has 0 spiro atoms. The van der Waals surface area contributed by atoms with Crippen molar-refractivity contribution in [1.82, 2.24) is 0 Å². The Bertz CT molecular complexity index is 690. The highest BCUT2D eigenvalue weighted by Gasteiger charge is 2.01. The van der Waals surface area contributed by atoms with Gasteiger partial charge in [-0.15, -0.1) is 0 Å². The zero-order chi connectivity index (χ0) is 51.3. The van der Waals surface area contributed by atoms with E-state index in [1.807, 2.05) is 6.92 Å². The molecule has 1 unspecified atom stereocenters. The average Bonchev–Trinajstić information content (AvgIpc) is 3.24. The van der Waals surface area contributed by atoms with Crippen molar-refractivity contribution in [3.05, 3.63) is 0 Å². The van der Waals surface area contributed by atoms with E-state index in [0.29, 0.717) is 31.5 Å². The van der Waals surface area contributed by atoms with Crippen LogP contribution in [0.1, 0.15) is 226 Å². The third-order valence-electron chi connectivity index (χ3n) is 5.69. The molecule has 0 aliphatic rings. The minimum absolute atomic E-state index is 0. The summed E-state index contributed by atoms with van der Waals surface area (Å²) in [7, 11) is 16.2. The van der Waals surface area contributed by atoms with E-state index in [1.54, 1.807) is 70.7 Å². The van der Waals surface area contributed by atoms with Crippen LogP contribution in [0.2, 0.25) is 0 Å². The second-order valence-corrected chi connectivity index (χ2v) is 12.7. The molecule has 0 aliphatic carbocycles. The Labute approximate surface area is 443 Å². The zero-order valence-corrected chi connectivity index (χ0v) is 45.0. The molecule has 0 radical (unpaired) electrons. The second kappa shape index (κ2) is 151. The fraction of sp³-hybridized carbons (Fsp3) is 0.927. The highest BCUT2D eigenvalue weighted by atomic mass is 16.5. The fourth-order valence-corrected chi connectivity index (χ4v) is 2.32. The summed E-state index contributed by atoms with van der Waals surface area (Å²) in [5.41, 5.74) is 0. The summed E-state index contributed by atoms with van der Waals surface area (Å²) in [6.45, 7) is 30.9. The van der Waals surface area contributed by atoms with Gasteiger partial charge >= 0.3 is 23.9 Å². The molecule has 15 heteroatoms. The molecule has 0 aromatic carbocycles. The maximum Gasteiger partial charge on any atom is 0.305 e. The van der Waals surface area contributed by atoms with Crippen molar-refractivity contribution in [3.8, 4) is 0 Å². The maximum atomic E-state index is 10.4. The molecular weight excluding hydrogens is 901 g/mol. The summed E-state index contributed by atoms with van der Waals surface area (Å²) in [4.78, 5) is 40.1. The number of unbranched alkanes of at least 4 members (excludes halogenated alkanes) is 3. The van der Waals surface area contributed by atoms with E-state index in [1.165, 1.54) is 59.7 Å². The Morgan fingerprint density at radius 2 is 0.843 bits per heavy atom. The van der Waals surface area contributed by atoms with E-state index < -0.39 is 5.97 Å². The van der Waals surface area contributed by atoms with E-state index in [0.717, 1.165) is 45.9 Å². The molecule has 0 saturated heterocycles. The van der Waals surface area contributed by atoms with Gasteiger partial charge in [-0.05, 0) is 58.8 Å². The van der Waals surface area contributed by atoms with E-state index in [-0.39, 0.29) is 90.2 Å². The number of carbonyl (C=O) groups is 4. The monoisotopic (exact) mass is 1040 g/mol. The van der Waals surface area contributed by atoms with Gasteiger partial charge in [-0.1, -0.05) is 147 Å². The quantitative estimate of drug-likeness (QED) is 0.0690. The highest BCUT2D eigenvalue weighted by molar-refractivity contribution is 5.71. The van der Waals surface area contributed by atoms with Crippen LogP contribution in [0.5, 0.6) is 0 Å². The zero-order valence-electron chi connectivity index (χ0n) is 45.0. The molecule has 1 N–H and O–H groups in total. The molecule has 0 aromatic heterocycles. The van der Waals surface area contributed by atoms with E-state index >= 15 is 0 Å². The van der Waals surface area contributed by atoms with Crippen LogP contribution in [0.25, 0.3) is 0 Å². The number of carboxylic acid groups (broad SMARTS) is 1. The van der Waals surface area contributed by atoms with Crippen LogP contribution in [-0.2, 0) is 66.5 Å². The third-order valence-corrected chi connectivity index (χ3v) is 5.69. The topological polar surface area (TPSA) is 181 Å². The number of carboxylic acids is 1. The van der Waals surface area contributed by atoms with Crippen molar-refractivity contribution < 1.29 is 71.7 Å². The lowest BCUT2D eigenvalue weighted by Gasteiger charge is -2.01. The molecule has 70 heavy (non-hydrogen) atoms. The van der Waals surface area contributed by atoms with Crippen LogP contribution < -0.4 is 0 Å². The molecule has 0 fully saturated rings. The van der Waals surface area contributed by atoms with Crippen LogP contribution in [-0.4, -0.2) is 146 Å².